The summed E-state index contributed by atoms with van der Waals surface area (Å²) >= 11 is 0. The lowest BCUT2D eigenvalue weighted by Gasteiger charge is -1.97. The summed E-state index contributed by atoms with van der Waals surface area (Å²) < 4.78 is 5.26. The van der Waals surface area contributed by atoms with Crippen LogP contribution in [0.1, 0.15) is 18.5 Å². The lowest BCUT2D eigenvalue weighted by atomic mass is 10.2. The monoisotopic (exact) mass is 294 g/mol. The van der Waals surface area contributed by atoms with Crippen LogP contribution in [0.5, 0.6) is 0 Å². The van der Waals surface area contributed by atoms with Crippen LogP contribution < -0.4 is 0 Å². The molecule has 0 saturated heterocycles. The number of rotatable bonds is 2. The first-order chi connectivity index (χ1) is 10.7. The Balaban J connectivity index is 0.000000162. The lowest BCUT2D eigenvalue weighted by Crippen LogP contribution is -1.90. The molecule has 0 saturated carbocycles. The van der Waals surface area contributed by atoms with E-state index in [1.807, 2.05) is 50.3 Å². The summed E-state index contributed by atoms with van der Waals surface area (Å²) in [6.07, 6.45) is 7.00. The van der Waals surface area contributed by atoms with Crippen LogP contribution in [0.25, 0.3) is 16.7 Å². The summed E-state index contributed by atoms with van der Waals surface area (Å²) in [4.78, 5) is 16.0. The van der Waals surface area contributed by atoms with Crippen molar-refractivity contribution >= 4 is 22.9 Å². The predicted molar refractivity (Wildman–Crippen MR) is 88.8 cm³/mol. The van der Waals surface area contributed by atoms with Crippen molar-refractivity contribution in [3.05, 3.63) is 60.5 Å². The lowest BCUT2D eigenvalue weighted by molar-refractivity contribution is 0.561. The van der Waals surface area contributed by atoms with Crippen molar-refractivity contribution in [2.45, 2.75) is 13.8 Å². The van der Waals surface area contributed by atoms with Crippen LogP contribution in [0.4, 0.5) is 0 Å². The first kappa shape index (κ1) is 15.6. The Labute approximate surface area is 129 Å². The van der Waals surface area contributed by atoms with Crippen LogP contribution in [0, 0.1) is 6.92 Å². The largest absolute Gasteiger partial charge is 0.441 e. The zero-order chi connectivity index (χ0) is 15.8. The highest BCUT2D eigenvalue weighted by Gasteiger charge is 1.97. The number of allylic oxidation sites excluding steroid dienone is 2. The van der Waals surface area contributed by atoms with Gasteiger partial charge in [0.05, 0.1) is 5.69 Å². The van der Waals surface area contributed by atoms with Gasteiger partial charge in [-0.15, -0.1) is 0 Å². The van der Waals surface area contributed by atoms with Gasteiger partial charge in [-0.1, -0.05) is 18.2 Å². The molecule has 0 spiro atoms. The van der Waals surface area contributed by atoms with Crippen molar-refractivity contribution in [2.75, 3.05) is 7.05 Å². The quantitative estimate of drug-likeness (QED) is 0.676. The molecule has 2 aromatic heterocycles. The fourth-order valence-corrected chi connectivity index (χ4v) is 1.88. The van der Waals surface area contributed by atoms with E-state index in [1.165, 1.54) is 6.33 Å². The Morgan fingerprint density at radius 1 is 1.23 bits per heavy atom. The van der Waals surface area contributed by atoms with Crippen LogP contribution in [-0.4, -0.2) is 28.2 Å². The molecule has 3 rings (SSSR count). The van der Waals surface area contributed by atoms with Crippen LogP contribution in [0.3, 0.4) is 0 Å². The first-order valence-electron chi connectivity index (χ1n) is 6.91. The van der Waals surface area contributed by atoms with Crippen LogP contribution in [0.2, 0.25) is 0 Å². The van der Waals surface area contributed by atoms with E-state index < -0.39 is 0 Å². The van der Waals surface area contributed by atoms with Gasteiger partial charge in [-0.05, 0) is 25.1 Å². The van der Waals surface area contributed by atoms with Gasteiger partial charge in [-0.25, -0.2) is 15.0 Å². The summed E-state index contributed by atoms with van der Waals surface area (Å²) in [6, 6.07) is 9.59. The highest BCUT2D eigenvalue weighted by atomic mass is 16.3. The van der Waals surface area contributed by atoms with E-state index in [0.29, 0.717) is 0 Å². The topological polar surface area (TPSA) is 64.2 Å². The normalized spacial score (nSPS) is 11.5. The van der Waals surface area contributed by atoms with Gasteiger partial charge in [0.2, 0.25) is 0 Å². The van der Waals surface area contributed by atoms with Gasteiger partial charge >= 0.3 is 0 Å². The molecule has 0 atom stereocenters. The smallest absolute Gasteiger partial charge is 0.192 e. The van der Waals surface area contributed by atoms with E-state index in [0.717, 1.165) is 28.3 Å². The average Bonchev–Trinajstić information content (AvgIpc) is 2.94. The van der Waals surface area contributed by atoms with Crippen molar-refractivity contribution in [3.8, 4) is 0 Å². The fourth-order valence-electron chi connectivity index (χ4n) is 1.88. The number of nitrogens with zero attached hydrogens (tertiary/aromatic N) is 4. The molecule has 0 aliphatic rings. The molecule has 0 aliphatic heterocycles. The number of para-hydroxylation sites is 2. The Morgan fingerprint density at radius 2 is 2.05 bits per heavy atom. The Hall–Kier alpha value is -2.82. The zero-order valence-electron chi connectivity index (χ0n) is 12.9. The minimum atomic E-state index is 0.723. The number of aromatic nitrogens is 3. The van der Waals surface area contributed by atoms with Crippen LogP contribution in [0.15, 0.2) is 58.3 Å². The number of oxazole rings is 1. The molecule has 0 unspecified atom stereocenters. The molecule has 3 aromatic rings. The van der Waals surface area contributed by atoms with E-state index >= 15 is 0 Å². The maximum Gasteiger partial charge on any atom is 0.192 e. The molecule has 0 aliphatic carbocycles. The molecule has 5 heteroatoms. The minimum Gasteiger partial charge on any atom is -0.441 e. The molecule has 22 heavy (non-hydrogen) atoms. The van der Waals surface area contributed by atoms with E-state index in [9.17, 15) is 0 Å². The van der Waals surface area contributed by atoms with E-state index in [4.69, 9.17) is 4.42 Å². The van der Waals surface area contributed by atoms with Gasteiger partial charge in [-0.3, -0.25) is 4.99 Å². The average molecular weight is 294 g/mol. The number of benzene rings is 1. The third-order valence-electron chi connectivity index (χ3n) is 2.86. The van der Waals surface area contributed by atoms with E-state index in [2.05, 4.69) is 19.9 Å². The molecule has 0 fully saturated rings. The number of hydrogen-bond donors (Lipinski definition) is 0. The summed E-state index contributed by atoms with van der Waals surface area (Å²) in [7, 11) is 1.74. The summed E-state index contributed by atoms with van der Waals surface area (Å²) in [5.74, 6) is 0.723. The second-order valence-electron chi connectivity index (χ2n) is 4.43. The number of aryl methyl sites for hydroxylation is 1. The molecular weight excluding hydrogens is 276 g/mol. The number of hydrogen-bond acceptors (Lipinski definition) is 5. The summed E-state index contributed by atoms with van der Waals surface area (Å²) in [6.45, 7) is 3.80. The van der Waals surface area contributed by atoms with Crippen molar-refractivity contribution in [2.24, 2.45) is 4.99 Å². The molecule has 0 amide bonds. The standard InChI is InChI=1S/C9H11N3.C8H7NO/c1-3-8(6-10-2)9-4-5-11-7-12-9;1-6-9-7-4-2-3-5-8(7)10-6/h3-7H,1-2H3;2-5H,1H3/b8-3+,10-6?;. The Morgan fingerprint density at radius 3 is 2.68 bits per heavy atom. The van der Waals surface area contributed by atoms with Crippen LogP contribution in [-0.2, 0) is 0 Å². The van der Waals surface area contributed by atoms with Crippen molar-refractivity contribution in [1.29, 1.82) is 0 Å². The molecule has 112 valence electrons. The third kappa shape index (κ3) is 4.09. The number of aliphatic imine (C=N–C) groups is 1. The Bertz CT molecular complexity index is 742. The van der Waals surface area contributed by atoms with Gasteiger partial charge in [0.15, 0.2) is 11.5 Å². The molecule has 0 bridgehead atoms. The summed E-state index contributed by atoms with van der Waals surface area (Å²) in [5.41, 5.74) is 3.71. The maximum absolute atomic E-state index is 5.26. The highest BCUT2D eigenvalue weighted by Crippen LogP contribution is 2.12. The maximum atomic E-state index is 5.26. The van der Waals surface area contributed by atoms with Gasteiger partial charge in [-0.2, -0.15) is 0 Å². The molecule has 5 nitrogen and oxygen atoms in total. The molecule has 1 aromatic carbocycles. The minimum absolute atomic E-state index is 0.723. The van der Waals surface area contributed by atoms with Gasteiger partial charge in [0.25, 0.3) is 0 Å². The van der Waals surface area contributed by atoms with Crippen molar-refractivity contribution < 1.29 is 4.42 Å². The SMILES string of the molecule is C/C=C(\C=NC)c1ccncn1.Cc1nc2ccccc2o1. The second kappa shape index (κ2) is 7.83. The van der Waals surface area contributed by atoms with Gasteiger partial charge < -0.3 is 4.42 Å². The van der Waals surface area contributed by atoms with Gasteiger partial charge in [0.1, 0.15) is 11.8 Å². The van der Waals surface area contributed by atoms with E-state index in [1.54, 1.807) is 19.5 Å². The summed E-state index contributed by atoms with van der Waals surface area (Å²) in [5, 5.41) is 0. The molecule has 0 radical (unpaired) electrons. The number of fused-ring (bicyclic) bond motifs is 1. The molecule has 0 N–H and O–H groups in total. The zero-order valence-corrected chi connectivity index (χ0v) is 12.9. The second-order valence-corrected chi connectivity index (χ2v) is 4.43. The highest BCUT2D eigenvalue weighted by molar-refractivity contribution is 6.08. The molecular formula is C17H18N4O. The fraction of sp³-hybridized carbons (Fsp3) is 0.176. The van der Waals surface area contributed by atoms with Crippen LogP contribution >= 0.6 is 0 Å². The van der Waals surface area contributed by atoms with E-state index in [-0.39, 0.29) is 0 Å². The third-order valence-corrected chi connectivity index (χ3v) is 2.86. The first-order valence-corrected chi connectivity index (χ1v) is 6.91. The Kier molecular flexibility index (Phi) is 5.54. The predicted octanol–water partition coefficient (Wildman–Crippen LogP) is 3.72. The van der Waals surface area contributed by atoms with Gasteiger partial charge in [0, 0.05) is 32.0 Å². The van der Waals surface area contributed by atoms with Crippen molar-refractivity contribution in [3.63, 3.8) is 0 Å². The van der Waals surface area contributed by atoms with Crippen molar-refractivity contribution in [1.82, 2.24) is 15.0 Å². The molecule has 2 heterocycles.